The smallest absolute Gasteiger partial charge is 0.0372 e. The van der Waals surface area contributed by atoms with Crippen LogP contribution in [0.3, 0.4) is 0 Å². The van der Waals surface area contributed by atoms with Crippen molar-refractivity contribution in [2.24, 2.45) is 5.73 Å². The molecule has 0 atom stereocenters. The van der Waals surface area contributed by atoms with Crippen LogP contribution in [0.15, 0.2) is 24.3 Å². The fourth-order valence-electron chi connectivity index (χ4n) is 1.41. The normalized spacial score (nSPS) is 13.5. The van der Waals surface area contributed by atoms with Gasteiger partial charge in [0.05, 0.1) is 0 Å². The van der Waals surface area contributed by atoms with Gasteiger partial charge in [-0.15, -0.1) is 0 Å². The van der Waals surface area contributed by atoms with E-state index < -0.39 is 0 Å². The molecule has 0 aliphatic carbocycles. The molecular weight excluding hydrogens is 148 g/mol. The topological polar surface area (TPSA) is 38.0 Å². The lowest BCUT2D eigenvalue weighted by Gasteiger charge is -2.16. The minimum atomic E-state index is 1.14. The Bertz CT molecular complexity index is 208. The lowest BCUT2D eigenvalue weighted by Crippen LogP contribution is -2.10. The first-order chi connectivity index (χ1) is 5.97. The summed E-state index contributed by atoms with van der Waals surface area (Å²) in [6.07, 6.45) is 2.51. The number of hydrogen-bond acceptors (Lipinski definition) is 2. The van der Waals surface area contributed by atoms with Gasteiger partial charge in [0.15, 0.2) is 0 Å². The van der Waals surface area contributed by atoms with Crippen molar-refractivity contribution >= 4 is 5.69 Å². The third-order valence-electron chi connectivity index (χ3n) is 1.96. The minimum Gasteiger partial charge on any atom is -0.385 e. The SMILES string of the molecule is CN.c1ccc2c(c1)CCCN2. The molecular formula is C10H16N2. The van der Waals surface area contributed by atoms with Crippen LogP contribution in [-0.4, -0.2) is 13.6 Å². The number of benzene rings is 1. The van der Waals surface area contributed by atoms with Crippen molar-refractivity contribution < 1.29 is 0 Å². The van der Waals surface area contributed by atoms with E-state index in [1.165, 1.54) is 31.1 Å². The number of aryl methyl sites for hydroxylation is 1. The molecule has 2 rings (SSSR count). The Kier molecular flexibility index (Phi) is 3.61. The van der Waals surface area contributed by atoms with Gasteiger partial charge in [0, 0.05) is 12.2 Å². The van der Waals surface area contributed by atoms with E-state index in [9.17, 15) is 0 Å². The van der Waals surface area contributed by atoms with Crippen LogP contribution in [0.1, 0.15) is 12.0 Å². The molecule has 0 saturated carbocycles. The summed E-state index contributed by atoms with van der Waals surface area (Å²) in [7, 11) is 1.50. The number of fused-ring (bicyclic) bond motifs is 1. The molecule has 66 valence electrons. The second kappa shape index (κ2) is 4.78. The third kappa shape index (κ3) is 1.98. The van der Waals surface area contributed by atoms with Crippen LogP contribution in [0.2, 0.25) is 0 Å². The van der Waals surface area contributed by atoms with Crippen LogP contribution in [-0.2, 0) is 6.42 Å². The van der Waals surface area contributed by atoms with Gasteiger partial charge in [-0.1, -0.05) is 18.2 Å². The molecule has 1 aliphatic rings. The summed E-state index contributed by atoms with van der Waals surface area (Å²) in [5, 5.41) is 3.36. The van der Waals surface area contributed by atoms with Crippen LogP contribution in [0.25, 0.3) is 0 Å². The van der Waals surface area contributed by atoms with Crippen molar-refractivity contribution in [3.05, 3.63) is 29.8 Å². The van der Waals surface area contributed by atoms with E-state index in [0.29, 0.717) is 0 Å². The molecule has 0 spiro atoms. The molecule has 0 saturated heterocycles. The number of anilines is 1. The van der Waals surface area contributed by atoms with Gasteiger partial charge in [0.2, 0.25) is 0 Å². The zero-order valence-electron chi connectivity index (χ0n) is 7.51. The van der Waals surface area contributed by atoms with Crippen LogP contribution in [0.5, 0.6) is 0 Å². The van der Waals surface area contributed by atoms with Gasteiger partial charge in [0.1, 0.15) is 0 Å². The molecule has 0 amide bonds. The summed E-state index contributed by atoms with van der Waals surface area (Å²) in [6.45, 7) is 1.14. The molecule has 3 N–H and O–H groups in total. The molecule has 1 aromatic rings. The van der Waals surface area contributed by atoms with Gasteiger partial charge >= 0.3 is 0 Å². The highest BCUT2D eigenvalue weighted by Gasteiger charge is 2.04. The van der Waals surface area contributed by atoms with Crippen molar-refractivity contribution in [3.63, 3.8) is 0 Å². The molecule has 1 heterocycles. The average Bonchev–Trinajstić information content (AvgIpc) is 2.21. The van der Waals surface area contributed by atoms with Gasteiger partial charge in [-0.25, -0.2) is 0 Å². The second-order valence-electron chi connectivity index (χ2n) is 2.69. The van der Waals surface area contributed by atoms with Crippen LogP contribution >= 0.6 is 0 Å². The number of rotatable bonds is 0. The summed E-state index contributed by atoms with van der Waals surface area (Å²) in [4.78, 5) is 0. The van der Waals surface area contributed by atoms with Gasteiger partial charge in [0.25, 0.3) is 0 Å². The molecule has 0 bridgehead atoms. The molecule has 0 fully saturated rings. The molecule has 0 unspecified atom stereocenters. The first kappa shape index (κ1) is 9.07. The zero-order chi connectivity index (χ0) is 8.81. The van der Waals surface area contributed by atoms with Crippen LogP contribution in [0.4, 0.5) is 5.69 Å². The highest BCUT2D eigenvalue weighted by molar-refractivity contribution is 5.52. The summed E-state index contributed by atoms with van der Waals surface area (Å²) < 4.78 is 0. The van der Waals surface area contributed by atoms with Crippen molar-refractivity contribution in [1.82, 2.24) is 0 Å². The van der Waals surface area contributed by atoms with Crippen molar-refractivity contribution in [1.29, 1.82) is 0 Å². The molecule has 1 aliphatic heterocycles. The highest BCUT2D eigenvalue weighted by Crippen LogP contribution is 2.19. The van der Waals surface area contributed by atoms with E-state index in [4.69, 9.17) is 0 Å². The average molecular weight is 164 g/mol. The maximum Gasteiger partial charge on any atom is 0.0372 e. The summed E-state index contributed by atoms with van der Waals surface area (Å²) >= 11 is 0. The Balaban J connectivity index is 0.000000336. The van der Waals surface area contributed by atoms with E-state index >= 15 is 0 Å². The second-order valence-corrected chi connectivity index (χ2v) is 2.69. The van der Waals surface area contributed by atoms with Crippen molar-refractivity contribution in [3.8, 4) is 0 Å². The first-order valence-corrected chi connectivity index (χ1v) is 4.36. The number of nitrogens with two attached hydrogens (primary N) is 1. The largest absolute Gasteiger partial charge is 0.385 e. The Morgan fingerprint density at radius 2 is 2.00 bits per heavy atom. The summed E-state index contributed by atoms with van der Waals surface area (Å²) in [5.41, 5.74) is 7.29. The number of hydrogen-bond donors (Lipinski definition) is 2. The molecule has 2 heteroatoms. The number of nitrogens with one attached hydrogen (secondary N) is 1. The first-order valence-electron chi connectivity index (χ1n) is 4.36. The predicted octanol–water partition coefficient (Wildman–Crippen LogP) is 1.62. The fraction of sp³-hybridized carbons (Fsp3) is 0.400. The standard InChI is InChI=1S/C9H11N.CH5N/c1-2-6-9-8(4-1)5-3-7-10-9;1-2/h1-2,4,6,10H,3,5,7H2;2H2,1H3. The van der Waals surface area contributed by atoms with E-state index in [2.05, 4.69) is 35.3 Å². The lowest BCUT2D eigenvalue weighted by molar-refractivity contribution is 0.830. The quantitative estimate of drug-likeness (QED) is 0.611. The van der Waals surface area contributed by atoms with E-state index in [0.717, 1.165) is 6.54 Å². The molecule has 0 aromatic heterocycles. The van der Waals surface area contributed by atoms with Crippen molar-refractivity contribution in [2.45, 2.75) is 12.8 Å². The fourth-order valence-corrected chi connectivity index (χ4v) is 1.41. The molecule has 0 radical (unpaired) electrons. The molecule has 2 nitrogen and oxygen atoms in total. The summed E-state index contributed by atoms with van der Waals surface area (Å²) in [5.74, 6) is 0. The van der Waals surface area contributed by atoms with E-state index in [1.807, 2.05) is 0 Å². The number of para-hydroxylation sites is 1. The highest BCUT2D eigenvalue weighted by atomic mass is 14.9. The zero-order valence-corrected chi connectivity index (χ0v) is 7.51. The molecule has 12 heavy (non-hydrogen) atoms. The monoisotopic (exact) mass is 164 g/mol. The predicted molar refractivity (Wildman–Crippen MR) is 53.4 cm³/mol. The van der Waals surface area contributed by atoms with E-state index in [1.54, 1.807) is 0 Å². The van der Waals surface area contributed by atoms with Gasteiger partial charge in [-0.05, 0) is 31.5 Å². The van der Waals surface area contributed by atoms with Crippen molar-refractivity contribution in [2.75, 3.05) is 18.9 Å². The van der Waals surface area contributed by atoms with Gasteiger partial charge in [-0.2, -0.15) is 0 Å². The Morgan fingerprint density at radius 3 is 2.75 bits per heavy atom. The molecule has 1 aromatic carbocycles. The maximum atomic E-state index is 4.50. The Morgan fingerprint density at radius 1 is 1.25 bits per heavy atom. The lowest BCUT2D eigenvalue weighted by atomic mass is 10.0. The van der Waals surface area contributed by atoms with Gasteiger partial charge < -0.3 is 11.1 Å². The third-order valence-corrected chi connectivity index (χ3v) is 1.96. The van der Waals surface area contributed by atoms with Crippen LogP contribution < -0.4 is 11.1 Å². The Labute approximate surface area is 73.8 Å². The maximum absolute atomic E-state index is 4.50. The summed E-state index contributed by atoms with van der Waals surface area (Å²) in [6, 6.07) is 8.53. The van der Waals surface area contributed by atoms with Gasteiger partial charge in [-0.3, -0.25) is 0 Å². The minimum absolute atomic E-state index is 1.14. The van der Waals surface area contributed by atoms with Crippen LogP contribution in [0, 0.1) is 0 Å². The van der Waals surface area contributed by atoms with E-state index in [-0.39, 0.29) is 0 Å². The Hall–Kier alpha value is -1.02.